The number of hydrogen-bond acceptors (Lipinski definition) is 3. The summed E-state index contributed by atoms with van der Waals surface area (Å²) in [6.45, 7) is 5.31. The molecule has 0 bridgehead atoms. The van der Waals surface area contributed by atoms with Gasteiger partial charge < -0.3 is 4.74 Å². The summed E-state index contributed by atoms with van der Waals surface area (Å²) in [6.07, 6.45) is 1.45. The second kappa shape index (κ2) is 4.09. The molecule has 0 aromatic carbocycles. The highest BCUT2D eigenvalue weighted by Crippen LogP contribution is 2.33. The van der Waals surface area contributed by atoms with Gasteiger partial charge in [0.2, 0.25) is 0 Å². The summed E-state index contributed by atoms with van der Waals surface area (Å²) >= 11 is 0. The molecule has 80 valence electrons. The molecular weight excluding hydrogens is 185 g/mol. The molecule has 0 unspecified atom stereocenters. The molecule has 0 spiro atoms. The second-order valence-corrected chi connectivity index (χ2v) is 3.70. The summed E-state index contributed by atoms with van der Waals surface area (Å²) in [4.78, 5) is 13.4. The van der Waals surface area contributed by atoms with Crippen LogP contribution in [0.4, 0.5) is 4.39 Å². The van der Waals surface area contributed by atoms with E-state index in [1.165, 1.54) is 13.2 Å². The quantitative estimate of drug-likeness (QED) is 0.632. The lowest BCUT2D eigenvalue weighted by molar-refractivity contribution is -0.151. The van der Waals surface area contributed by atoms with Gasteiger partial charge in [-0.3, -0.25) is 9.69 Å². The van der Waals surface area contributed by atoms with Crippen LogP contribution in [0.3, 0.4) is 0 Å². The minimum Gasteiger partial charge on any atom is -0.468 e. The number of rotatable bonds is 2. The molecule has 1 heterocycles. The van der Waals surface area contributed by atoms with Crippen molar-refractivity contribution in [2.24, 2.45) is 5.41 Å². The summed E-state index contributed by atoms with van der Waals surface area (Å²) in [5.41, 5.74) is -1.12. The van der Waals surface area contributed by atoms with E-state index in [4.69, 9.17) is 0 Å². The van der Waals surface area contributed by atoms with Crippen molar-refractivity contribution in [1.29, 1.82) is 0 Å². The van der Waals surface area contributed by atoms with E-state index in [0.29, 0.717) is 13.1 Å². The molecule has 0 fully saturated rings. The first-order chi connectivity index (χ1) is 6.54. The van der Waals surface area contributed by atoms with Crippen LogP contribution in [0.25, 0.3) is 0 Å². The molecule has 14 heavy (non-hydrogen) atoms. The van der Waals surface area contributed by atoms with Crippen LogP contribution >= 0.6 is 0 Å². The normalized spacial score (nSPS) is 28.4. The van der Waals surface area contributed by atoms with E-state index in [-0.39, 0.29) is 5.83 Å². The Morgan fingerprint density at radius 2 is 2.43 bits per heavy atom. The number of nitrogens with zero attached hydrogens (tertiary/aromatic N) is 1. The van der Waals surface area contributed by atoms with Crippen LogP contribution in [-0.2, 0) is 9.53 Å². The molecule has 0 aromatic rings. The Morgan fingerprint density at radius 1 is 1.79 bits per heavy atom. The maximum absolute atomic E-state index is 13.5. The van der Waals surface area contributed by atoms with Gasteiger partial charge >= 0.3 is 5.97 Å². The van der Waals surface area contributed by atoms with Gasteiger partial charge in [-0.15, -0.1) is 0 Å². The molecular formula is C10H16FNO2. The van der Waals surface area contributed by atoms with E-state index in [0.717, 1.165) is 6.54 Å². The maximum atomic E-state index is 13.5. The topological polar surface area (TPSA) is 29.5 Å². The van der Waals surface area contributed by atoms with Crippen LogP contribution in [0, 0.1) is 5.41 Å². The number of ether oxygens (including phenoxy) is 1. The third-order valence-electron chi connectivity index (χ3n) is 2.68. The zero-order valence-corrected chi connectivity index (χ0v) is 8.84. The molecule has 1 aliphatic heterocycles. The van der Waals surface area contributed by atoms with Gasteiger partial charge in [0.15, 0.2) is 0 Å². The lowest BCUT2D eigenvalue weighted by atomic mass is 9.86. The fourth-order valence-corrected chi connectivity index (χ4v) is 1.65. The largest absolute Gasteiger partial charge is 0.468 e. The zero-order valence-electron chi connectivity index (χ0n) is 8.84. The van der Waals surface area contributed by atoms with E-state index in [1.54, 1.807) is 6.92 Å². The molecule has 0 saturated heterocycles. The first-order valence-corrected chi connectivity index (χ1v) is 4.71. The van der Waals surface area contributed by atoms with Crippen molar-refractivity contribution in [3.63, 3.8) is 0 Å². The van der Waals surface area contributed by atoms with Gasteiger partial charge in [-0.05, 0) is 19.5 Å². The van der Waals surface area contributed by atoms with Crippen LogP contribution in [0.5, 0.6) is 0 Å². The second-order valence-electron chi connectivity index (χ2n) is 3.70. The van der Waals surface area contributed by atoms with Crippen molar-refractivity contribution in [2.45, 2.75) is 13.8 Å². The van der Waals surface area contributed by atoms with E-state index >= 15 is 0 Å². The van der Waals surface area contributed by atoms with Crippen LogP contribution in [0.2, 0.25) is 0 Å². The molecule has 0 N–H and O–H groups in total. The Bertz CT molecular complexity index is 265. The van der Waals surface area contributed by atoms with Gasteiger partial charge in [0, 0.05) is 13.1 Å². The summed E-state index contributed by atoms with van der Waals surface area (Å²) in [5.74, 6) is -0.890. The van der Waals surface area contributed by atoms with Crippen molar-refractivity contribution in [2.75, 3.05) is 26.7 Å². The van der Waals surface area contributed by atoms with Crippen molar-refractivity contribution in [3.05, 3.63) is 11.9 Å². The minimum absolute atomic E-state index is 0.381. The SMILES string of the molecule is CCN1CC=C(F)[C@](C)(C(=O)OC)C1. The highest BCUT2D eigenvalue weighted by molar-refractivity contribution is 5.80. The van der Waals surface area contributed by atoms with Gasteiger partial charge in [-0.1, -0.05) is 6.92 Å². The fraction of sp³-hybridized carbons (Fsp3) is 0.700. The molecule has 0 amide bonds. The van der Waals surface area contributed by atoms with E-state index in [1.807, 2.05) is 11.8 Å². The molecule has 0 radical (unpaired) electrons. The zero-order chi connectivity index (χ0) is 10.8. The number of likely N-dealkylation sites (N-methyl/N-ethyl adjacent to an activating group) is 1. The van der Waals surface area contributed by atoms with Gasteiger partial charge in [-0.25, -0.2) is 4.39 Å². The highest BCUT2D eigenvalue weighted by Gasteiger charge is 2.42. The number of halogens is 1. The molecule has 0 aromatic heterocycles. The molecule has 4 heteroatoms. The van der Waals surface area contributed by atoms with E-state index in [2.05, 4.69) is 4.74 Å². The number of hydrogen-bond donors (Lipinski definition) is 0. The predicted molar refractivity (Wildman–Crippen MR) is 51.4 cm³/mol. The van der Waals surface area contributed by atoms with Gasteiger partial charge in [0.1, 0.15) is 11.2 Å². The number of esters is 1. The molecule has 1 atom stereocenters. The van der Waals surface area contributed by atoms with Crippen molar-refractivity contribution in [1.82, 2.24) is 4.90 Å². The van der Waals surface area contributed by atoms with Crippen LogP contribution < -0.4 is 0 Å². The predicted octanol–water partition coefficient (Wildman–Crippen LogP) is 1.35. The summed E-state index contributed by atoms with van der Waals surface area (Å²) in [6, 6.07) is 0. The maximum Gasteiger partial charge on any atom is 0.319 e. The lowest BCUT2D eigenvalue weighted by Crippen LogP contribution is -2.45. The lowest BCUT2D eigenvalue weighted by Gasteiger charge is -2.34. The Morgan fingerprint density at radius 3 is 2.93 bits per heavy atom. The van der Waals surface area contributed by atoms with Crippen molar-refractivity contribution < 1.29 is 13.9 Å². The molecule has 3 nitrogen and oxygen atoms in total. The Kier molecular flexibility index (Phi) is 3.26. The van der Waals surface area contributed by atoms with E-state index < -0.39 is 11.4 Å². The summed E-state index contributed by atoms with van der Waals surface area (Å²) < 4.78 is 18.1. The van der Waals surface area contributed by atoms with Gasteiger partial charge in [0.25, 0.3) is 0 Å². The Balaban J connectivity index is 2.90. The first-order valence-electron chi connectivity index (χ1n) is 4.71. The average molecular weight is 201 g/mol. The van der Waals surface area contributed by atoms with Crippen molar-refractivity contribution in [3.8, 4) is 0 Å². The molecule has 0 saturated carbocycles. The number of carbonyl (C=O) groups is 1. The number of methoxy groups -OCH3 is 1. The summed E-state index contributed by atoms with van der Waals surface area (Å²) in [7, 11) is 1.28. The highest BCUT2D eigenvalue weighted by atomic mass is 19.1. The van der Waals surface area contributed by atoms with Crippen molar-refractivity contribution >= 4 is 5.97 Å². The van der Waals surface area contributed by atoms with E-state index in [9.17, 15) is 9.18 Å². The average Bonchev–Trinajstić information content (AvgIpc) is 2.21. The van der Waals surface area contributed by atoms with Crippen LogP contribution in [0.1, 0.15) is 13.8 Å². The fourth-order valence-electron chi connectivity index (χ4n) is 1.65. The Hall–Kier alpha value is -0.900. The van der Waals surface area contributed by atoms with Crippen LogP contribution in [0.15, 0.2) is 11.9 Å². The molecule has 1 rings (SSSR count). The van der Waals surface area contributed by atoms with Gasteiger partial charge in [0.05, 0.1) is 7.11 Å². The number of carbonyl (C=O) groups excluding carboxylic acids is 1. The monoisotopic (exact) mass is 201 g/mol. The summed E-state index contributed by atoms with van der Waals surface area (Å²) in [5, 5.41) is 0. The third-order valence-corrected chi connectivity index (χ3v) is 2.68. The van der Waals surface area contributed by atoms with Gasteiger partial charge in [-0.2, -0.15) is 0 Å². The molecule has 1 aliphatic rings. The smallest absolute Gasteiger partial charge is 0.319 e. The first kappa shape index (κ1) is 11.2. The standard InChI is InChI=1S/C10H16FNO2/c1-4-12-6-5-8(11)10(2,7-12)9(13)14-3/h5H,4,6-7H2,1-3H3/t10-/m1/s1. The Labute approximate surface area is 83.5 Å². The third kappa shape index (κ3) is 1.80. The molecule has 0 aliphatic carbocycles. The van der Waals surface area contributed by atoms with Crippen LogP contribution in [-0.4, -0.2) is 37.6 Å². The minimum atomic E-state index is -1.12.